The first-order valence-electron chi connectivity index (χ1n) is 9.99. The second kappa shape index (κ2) is 9.20. The first-order valence-corrected chi connectivity index (χ1v) is 9.99. The number of benzene rings is 2. The Morgan fingerprint density at radius 1 is 1.14 bits per heavy atom. The van der Waals surface area contributed by atoms with Gasteiger partial charge in [-0.2, -0.15) is 0 Å². The molecule has 2 amide bonds. The molecule has 3 rings (SSSR count). The summed E-state index contributed by atoms with van der Waals surface area (Å²) in [4.78, 5) is 14.8. The van der Waals surface area contributed by atoms with Gasteiger partial charge in [0.2, 0.25) is 0 Å². The molecule has 1 aliphatic rings. The maximum Gasteiger partial charge on any atom is 0.317 e. The normalized spacial score (nSPS) is 17.0. The molecule has 4 nitrogen and oxygen atoms in total. The number of hydrogen-bond donors (Lipinski definition) is 1. The summed E-state index contributed by atoms with van der Waals surface area (Å²) in [6.45, 7) is 6.49. The molecule has 28 heavy (non-hydrogen) atoms. The average molecular weight is 384 g/mol. The molecule has 1 unspecified atom stereocenters. The Bertz CT molecular complexity index is 758. The summed E-state index contributed by atoms with van der Waals surface area (Å²) >= 11 is 0. The van der Waals surface area contributed by atoms with Gasteiger partial charge in [0.15, 0.2) is 0 Å². The second-order valence-corrected chi connectivity index (χ2v) is 7.43. The van der Waals surface area contributed by atoms with E-state index in [0.29, 0.717) is 26.3 Å². The molecule has 5 heteroatoms. The minimum Gasteiger partial charge on any atom is -0.381 e. The van der Waals surface area contributed by atoms with E-state index < -0.39 is 0 Å². The van der Waals surface area contributed by atoms with Crippen molar-refractivity contribution in [3.8, 4) is 0 Å². The number of hydrogen-bond acceptors (Lipinski definition) is 2. The number of rotatable bonds is 6. The summed E-state index contributed by atoms with van der Waals surface area (Å²) in [7, 11) is 0. The molecule has 1 fully saturated rings. The van der Waals surface area contributed by atoms with E-state index >= 15 is 0 Å². The Morgan fingerprint density at radius 3 is 2.39 bits per heavy atom. The summed E-state index contributed by atoms with van der Waals surface area (Å²) in [6.07, 6.45) is 1.77. The zero-order valence-electron chi connectivity index (χ0n) is 16.7. The maximum absolute atomic E-state index is 13.2. The van der Waals surface area contributed by atoms with Gasteiger partial charge in [-0.05, 0) is 49.9 Å². The van der Waals surface area contributed by atoms with E-state index in [1.807, 2.05) is 32.0 Å². The molecule has 0 bridgehead atoms. The van der Waals surface area contributed by atoms with Crippen LogP contribution in [0.1, 0.15) is 43.9 Å². The van der Waals surface area contributed by atoms with Crippen molar-refractivity contribution in [1.29, 1.82) is 0 Å². The number of halogens is 1. The Labute approximate surface area is 166 Å². The van der Waals surface area contributed by atoms with Gasteiger partial charge in [0, 0.05) is 31.7 Å². The van der Waals surface area contributed by atoms with Crippen LogP contribution in [0.25, 0.3) is 0 Å². The van der Waals surface area contributed by atoms with Gasteiger partial charge in [0.05, 0.1) is 6.04 Å². The molecule has 1 atom stereocenters. The summed E-state index contributed by atoms with van der Waals surface area (Å²) in [5.41, 5.74) is 2.06. The van der Waals surface area contributed by atoms with Crippen LogP contribution in [0.4, 0.5) is 9.18 Å². The van der Waals surface area contributed by atoms with E-state index in [1.165, 1.54) is 17.7 Å². The summed E-state index contributed by atoms with van der Waals surface area (Å²) < 4.78 is 18.8. The van der Waals surface area contributed by atoms with Crippen LogP contribution >= 0.6 is 0 Å². The fraction of sp³-hybridized carbons (Fsp3) is 0.435. The molecule has 1 aliphatic heterocycles. The van der Waals surface area contributed by atoms with Crippen molar-refractivity contribution in [2.75, 3.05) is 26.3 Å². The lowest BCUT2D eigenvalue weighted by Crippen LogP contribution is -2.49. The summed E-state index contributed by atoms with van der Waals surface area (Å²) in [5, 5.41) is 3.16. The third-order valence-electron chi connectivity index (χ3n) is 5.84. The molecule has 2 aromatic carbocycles. The largest absolute Gasteiger partial charge is 0.381 e. The molecule has 1 saturated heterocycles. The van der Waals surface area contributed by atoms with Crippen molar-refractivity contribution in [2.24, 2.45) is 0 Å². The van der Waals surface area contributed by atoms with Gasteiger partial charge in [-0.3, -0.25) is 0 Å². The molecular formula is C23H29FN2O2. The molecule has 1 N–H and O–H groups in total. The molecule has 150 valence electrons. The smallest absolute Gasteiger partial charge is 0.317 e. The number of nitrogens with one attached hydrogen (secondary N) is 1. The third-order valence-corrected chi connectivity index (χ3v) is 5.84. The van der Waals surface area contributed by atoms with Crippen molar-refractivity contribution >= 4 is 6.03 Å². The highest BCUT2D eigenvalue weighted by Crippen LogP contribution is 2.34. The van der Waals surface area contributed by atoms with Crippen LogP contribution in [-0.4, -0.2) is 37.2 Å². The number of urea groups is 1. The predicted octanol–water partition coefficient (Wildman–Crippen LogP) is 4.67. The van der Waals surface area contributed by atoms with Gasteiger partial charge in [0.1, 0.15) is 5.82 Å². The summed E-state index contributed by atoms with van der Waals surface area (Å²) in [5.74, 6) is -0.271. The van der Waals surface area contributed by atoms with Crippen LogP contribution < -0.4 is 5.32 Å². The molecule has 2 aromatic rings. The lowest BCUT2D eigenvalue weighted by atomic mass is 9.74. The first-order chi connectivity index (χ1) is 13.6. The highest BCUT2D eigenvalue weighted by atomic mass is 19.1. The van der Waals surface area contributed by atoms with Gasteiger partial charge < -0.3 is 15.0 Å². The molecule has 1 heterocycles. The zero-order valence-corrected chi connectivity index (χ0v) is 16.7. The number of ether oxygens (including phenoxy) is 1. The Hall–Kier alpha value is -2.40. The molecule has 0 aliphatic carbocycles. The van der Waals surface area contributed by atoms with Gasteiger partial charge in [-0.1, -0.05) is 42.5 Å². The summed E-state index contributed by atoms with van der Waals surface area (Å²) in [6, 6.07) is 16.5. The van der Waals surface area contributed by atoms with Gasteiger partial charge >= 0.3 is 6.03 Å². The van der Waals surface area contributed by atoms with Crippen LogP contribution in [0.15, 0.2) is 54.6 Å². The van der Waals surface area contributed by atoms with E-state index in [4.69, 9.17) is 4.74 Å². The van der Waals surface area contributed by atoms with E-state index in [2.05, 4.69) is 17.4 Å². The lowest BCUT2D eigenvalue weighted by Gasteiger charge is -2.39. The van der Waals surface area contributed by atoms with Crippen LogP contribution in [-0.2, 0) is 10.2 Å². The number of carbonyl (C=O) groups excluding carboxylic acids is 1. The van der Waals surface area contributed by atoms with Crippen molar-refractivity contribution in [2.45, 2.75) is 38.1 Å². The molecule has 0 spiro atoms. The maximum atomic E-state index is 13.2. The Kier molecular flexibility index (Phi) is 6.68. The van der Waals surface area contributed by atoms with E-state index in [0.717, 1.165) is 18.4 Å². The minimum atomic E-state index is -0.271. The molecular weight excluding hydrogens is 355 g/mol. The Morgan fingerprint density at radius 2 is 1.79 bits per heavy atom. The number of carbonyl (C=O) groups is 1. The number of nitrogens with zero attached hydrogens (tertiary/aromatic N) is 1. The third kappa shape index (κ3) is 4.53. The van der Waals surface area contributed by atoms with E-state index in [-0.39, 0.29) is 23.3 Å². The molecule has 0 radical (unpaired) electrons. The lowest BCUT2D eigenvalue weighted by molar-refractivity contribution is 0.0499. The van der Waals surface area contributed by atoms with Crippen molar-refractivity contribution in [3.05, 3.63) is 71.5 Å². The molecule has 0 aromatic heterocycles. The average Bonchev–Trinajstić information content (AvgIpc) is 2.74. The van der Waals surface area contributed by atoms with E-state index in [1.54, 1.807) is 17.0 Å². The fourth-order valence-corrected chi connectivity index (χ4v) is 3.98. The minimum absolute atomic E-state index is 0.0962. The van der Waals surface area contributed by atoms with Crippen molar-refractivity contribution in [3.63, 3.8) is 0 Å². The molecule has 0 saturated carbocycles. The first kappa shape index (κ1) is 20.3. The fourth-order valence-electron chi connectivity index (χ4n) is 3.98. The van der Waals surface area contributed by atoms with Gasteiger partial charge in [-0.25, -0.2) is 9.18 Å². The highest BCUT2D eigenvalue weighted by molar-refractivity contribution is 5.75. The monoisotopic (exact) mass is 384 g/mol. The van der Waals surface area contributed by atoms with Crippen LogP contribution in [0.5, 0.6) is 0 Å². The van der Waals surface area contributed by atoms with Crippen LogP contribution in [0.2, 0.25) is 0 Å². The highest BCUT2D eigenvalue weighted by Gasteiger charge is 2.35. The zero-order chi connectivity index (χ0) is 20.0. The number of amides is 2. The Balaban J connectivity index is 1.71. The standard InChI is InChI=1S/C23H29FN2O2/c1-3-26(18(2)19-9-11-21(24)12-10-19)22(27)25-17-23(13-15-28-16-14-23)20-7-5-4-6-8-20/h4-12,18H,3,13-17H2,1-2H3,(H,25,27). The van der Waals surface area contributed by atoms with Gasteiger partial charge in [0.25, 0.3) is 0 Å². The van der Waals surface area contributed by atoms with Crippen molar-refractivity contribution in [1.82, 2.24) is 10.2 Å². The SMILES string of the molecule is CCN(C(=O)NCC1(c2ccccc2)CCOCC1)C(C)c1ccc(F)cc1. The topological polar surface area (TPSA) is 41.6 Å². The van der Waals surface area contributed by atoms with E-state index in [9.17, 15) is 9.18 Å². The van der Waals surface area contributed by atoms with Crippen LogP contribution in [0, 0.1) is 5.82 Å². The van der Waals surface area contributed by atoms with Crippen LogP contribution in [0.3, 0.4) is 0 Å². The van der Waals surface area contributed by atoms with Crippen molar-refractivity contribution < 1.29 is 13.9 Å². The second-order valence-electron chi connectivity index (χ2n) is 7.43. The predicted molar refractivity (Wildman–Crippen MR) is 109 cm³/mol. The van der Waals surface area contributed by atoms with Gasteiger partial charge in [-0.15, -0.1) is 0 Å². The quantitative estimate of drug-likeness (QED) is 0.787.